The number of hydrogen-bond acceptors (Lipinski definition) is 3. The molecule has 0 aliphatic carbocycles. The van der Waals surface area contributed by atoms with E-state index in [1.165, 1.54) is 6.07 Å². The lowest BCUT2D eigenvalue weighted by Crippen LogP contribution is -2.46. The molecular formula is C13H20ClFN2O. The lowest BCUT2D eigenvalue weighted by atomic mass is 10.0. The average Bonchev–Trinajstić information content (AvgIpc) is 2.36. The number of halogens is 2. The van der Waals surface area contributed by atoms with Gasteiger partial charge in [0, 0.05) is 31.7 Å². The highest BCUT2D eigenvalue weighted by Crippen LogP contribution is 2.24. The molecule has 1 fully saturated rings. The van der Waals surface area contributed by atoms with Crippen LogP contribution in [0.4, 0.5) is 4.39 Å². The molecular weight excluding hydrogens is 255 g/mol. The Morgan fingerprint density at radius 2 is 2.06 bits per heavy atom. The number of aryl methyl sites for hydroxylation is 1. The summed E-state index contributed by atoms with van der Waals surface area (Å²) in [6.45, 7) is 5.38. The van der Waals surface area contributed by atoms with Gasteiger partial charge in [-0.2, -0.15) is 0 Å². The van der Waals surface area contributed by atoms with Crippen molar-refractivity contribution < 1.29 is 9.50 Å². The third-order valence-corrected chi connectivity index (χ3v) is 3.28. The molecule has 2 rings (SSSR count). The standard InChI is InChI=1S/C13H19FN2O.ClH/c1-10-2-3-12(14)11(8-10)13(9-17)16-6-4-15-5-7-16;/h2-3,8,13,15,17H,4-7,9H2,1H3;1H/t13-;/m1./s1. The highest BCUT2D eigenvalue weighted by molar-refractivity contribution is 5.85. The van der Waals surface area contributed by atoms with Gasteiger partial charge in [-0.3, -0.25) is 4.90 Å². The Hall–Kier alpha value is -0.680. The minimum Gasteiger partial charge on any atom is -0.394 e. The molecule has 1 saturated heterocycles. The molecule has 5 heteroatoms. The number of aliphatic hydroxyl groups is 1. The second kappa shape index (κ2) is 7.04. The highest BCUT2D eigenvalue weighted by atomic mass is 35.5. The topological polar surface area (TPSA) is 35.5 Å². The van der Waals surface area contributed by atoms with Crippen molar-refractivity contribution in [2.75, 3.05) is 32.8 Å². The quantitative estimate of drug-likeness (QED) is 0.877. The molecule has 1 aromatic carbocycles. The fourth-order valence-corrected chi connectivity index (χ4v) is 2.32. The summed E-state index contributed by atoms with van der Waals surface area (Å²) in [5, 5.41) is 12.8. The zero-order valence-electron chi connectivity index (χ0n) is 10.5. The van der Waals surface area contributed by atoms with E-state index in [1.54, 1.807) is 6.07 Å². The van der Waals surface area contributed by atoms with Crippen LogP contribution in [-0.2, 0) is 0 Å². The van der Waals surface area contributed by atoms with Crippen LogP contribution in [0.15, 0.2) is 18.2 Å². The largest absolute Gasteiger partial charge is 0.394 e. The van der Waals surface area contributed by atoms with Crippen molar-refractivity contribution >= 4 is 12.4 Å². The highest BCUT2D eigenvalue weighted by Gasteiger charge is 2.23. The summed E-state index contributed by atoms with van der Waals surface area (Å²) in [6, 6.07) is 4.84. The fraction of sp³-hybridized carbons (Fsp3) is 0.538. The Kier molecular flexibility index (Phi) is 6.02. The first-order chi connectivity index (χ1) is 8.22. The first kappa shape index (κ1) is 15.4. The number of hydrogen-bond donors (Lipinski definition) is 2. The lowest BCUT2D eigenvalue weighted by Gasteiger charge is -2.34. The zero-order chi connectivity index (χ0) is 12.3. The molecule has 2 N–H and O–H groups in total. The van der Waals surface area contributed by atoms with Gasteiger partial charge < -0.3 is 10.4 Å². The molecule has 1 aromatic rings. The van der Waals surface area contributed by atoms with Crippen LogP contribution < -0.4 is 5.32 Å². The number of nitrogens with zero attached hydrogens (tertiary/aromatic N) is 1. The Morgan fingerprint density at radius 1 is 1.39 bits per heavy atom. The van der Waals surface area contributed by atoms with Gasteiger partial charge in [0.15, 0.2) is 0 Å². The van der Waals surface area contributed by atoms with Crippen molar-refractivity contribution in [3.05, 3.63) is 35.1 Å². The Labute approximate surface area is 113 Å². The SMILES string of the molecule is Cc1ccc(F)c([C@@H](CO)N2CCNCC2)c1.Cl. The van der Waals surface area contributed by atoms with Crippen LogP contribution in [0.2, 0.25) is 0 Å². The molecule has 0 bridgehead atoms. The number of nitrogens with one attached hydrogen (secondary N) is 1. The summed E-state index contributed by atoms with van der Waals surface area (Å²) >= 11 is 0. The second-order valence-corrected chi connectivity index (χ2v) is 4.51. The maximum atomic E-state index is 13.8. The molecule has 1 atom stereocenters. The van der Waals surface area contributed by atoms with Gasteiger partial charge in [-0.1, -0.05) is 17.7 Å². The summed E-state index contributed by atoms with van der Waals surface area (Å²) in [6.07, 6.45) is 0. The predicted octanol–water partition coefficient (Wildman–Crippen LogP) is 1.49. The third-order valence-electron chi connectivity index (χ3n) is 3.28. The first-order valence-electron chi connectivity index (χ1n) is 6.04. The molecule has 18 heavy (non-hydrogen) atoms. The number of rotatable bonds is 3. The molecule has 1 heterocycles. The molecule has 0 unspecified atom stereocenters. The Bertz CT molecular complexity index is 383. The summed E-state index contributed by atoms with van der Waals surface area (Å²) in [5.74, 6) is -0.229. The summed E-state index contributed by atoms with van der Waals surface area (Å²) in [5.41, 5.74) is 1.63. The van der Waals surface area contributed by atoms with E-state index in [0.29, 0.717) is 5.56 Å². The maximum absolute atomic E-state index is 13.8. The van der Waals surface area contributed by atoms with Crippen LogP contribution in [0, 0.1) is 12.7 Å². The number of aliphatic hydroxyl groups excluding tert-OH is 1. The zero-order valence-corrected chi connectivity index (χ0v) is 11.3. The van der Waals surface area contributed by atoms with Gasteiger partial charge in [0.2, 0.25) is 0 Å². The number of benzene rings is 1. The molecule has 1 aliphatic rings. The van der Waals surface area contributed by atoms with E-state index in [2.05, 4.69) is 10.2 Å². The van der Waals surface area contributed by atoms with Crippen LogP contribution in [0.5, 0.6) is 0 Å². The van der Waals surface area contributed by atoms with E-state index in [4.69, 9.17) is 0 Å². The molecule has 1 aliphatic heterocycles. The third kappa shape index (κ3) is 3.42. The molecule has 0 aromatic heterocycles. The van der Waals surface area contributed by atoms with Crippen LogP contribution in [0.25, 0.3) is 0 Å². The predicted molar refractivity (Wildman–Crippen MR) is 72.7 cm³/mol. The van der Waals surface area contributed by atoms with Crippen LogP contribution in [0.1, 0.15) is 17.2 Å². The van der Waals surface area contributed by atoms with Crippen molar-refractivity contribution in [3.63, 3.8) is 0 Å². The second-order valence-electron chi connectivity index (χ2n) is 4.51. The molecule has 0 amide bonds. The van der Waals surface area contributed by atoms with Crippen LogP contribution >= 0.6 is 12.4 Å². The lowest BCUT2D eigenvalue weighted by molar-refractivity contribution is 0.108. The minimum atomic E-state index is -0.229. The first-order valence-corrected chi connectivity index (χ1v) is 6.04. The van der Waals surface area contributed by atoms with E-state index in [0.717, 1.165) is 31.7 Å². The summed E-state index contributed by atoms with van der Waals surface area (Å²) in [4.78, 5) is 2.13. The van der Waals surface area contributed by atoms with Gasteiger partial charge in [-0.05, 0) is 13.0 Å². The monoisotopic (exact) mass is 274 g/mol. The van der Waals surface area contributed by atoms with Crippen molar-refractivity contribution in [3.8, 4) is 0 Å². The van der Waals surface area contributed by atoms with Gasteiger partial charge in [0.05, 0.1) is 12.6 Å². The van der Waals surface area contributed by atoms with Gasteiger partial charge >= 0.3 is 0 Å². The van der Waals surface area contributed by atoms with Gasteiger partial charge in [-0.25, -0.2) is 4.39 Å². The average molecular weight is 275 g/mol. The molecule has 0 saturated carbocycles. The number of piperazine rings is 1. The van der Waals surface area contributed by atoms with Crippen molar-refractivity contribution in [2.24, 2.45) is 0 Å². The maximum Gasteiger partial charge on any atom is 0.128 e. The van der Waals surface area contributed by atoms with E-state index in [1.807, 2.05) is 13.0 Å². The molecule has 0 spiro atoms. The Morgan fingerprint density at radius 3 is 2.67 bits per heavy atom. The molecule has 102 valence electrons. The van der Waals surface area contributed by atoms with E-state index < -0.39 is 0 Å². The van der Waals surface area contributed by atoms with E-state index >= 15 is 0 Å². The minimum absolute atomic E-state index is 0. The van der Waals surface area contributed by atoms with E-state index in [-0.39, 0.29) is 30.9 Å². The van der Waals surface area contributed by atoms with Crippen molar-refractivity contribution in [1.29, 1.82) is 0 Å². The van der Waals surface area contributed by atoms with Crippen LogP contribution in [-0.4, -0.2) is 42.8 Å². The van der Waals surface area contributed by atoms with Gasteiger partial charge in [-0.15, -0.1) is 12.4 Å². The van der Waals surface area contributed by atoms with E-state index in [9.17, 15) is 9.50 Å². The van der Waals surface area contributed by atoms with Gasteiger partial charge in [0.1, 0.15) is 5.82 Å². The summed E-state index contributed by atoms with van der Waals surface area (Å²) < 4.78 is 13.8. The van der Waals surface area contributed by atoms with Crippen molar-refractivity contribution in [2.45, 2.75) is 13.0 Å². The summed E-state index contributed by atoms with van der Waals surface area (Å²) in [7, 11) is 0. The van der Waals surface area contributed by atoms with Crippen molar-refractivity contribution in [1.82, 2.24) is 10.2 Å². The Balaban J connectivity index is 0.00000162. The molecule has 0 radical (unpaired) electrons. The van der Waals surface area contributed by atoms with Crippen LogP contribution in [0.3, 0.4) is 0 Å². The smallest absolute Gasteiger partial charge is 0.128 e. The fourth-order valence-electron chi connectivity index (χ4n) is 2.32. The normalized spacial score (nSPS) is 18.2. The van der Waals surface area contributed by atoms with Gasteiger partial charge in [0.25, 0.3) is 0 Å². The molecule has 3 nitrogen and oxygen atoms in total.